The van der Waals surface area contributed by atoms with Crippen molar-refractivity contribution in [3.63, 3.8) is 0 Å². The molecular weight excluding hydrogens is 498 g/mol. The maximum Gasteiger partial charge on any atom is 0.509 e. The van der Waals surface area contributed by atoms with Crippen LogP contribution in [0.2, 0.25) is 0 Å². The highest BCUT2D eigenvalue weighted by molar-refractivity contribution is 6.01. The number of alkyl halides is 2. The molecule has 208 valence electrons. The monoisotopic (exact) mass is 534 g/mol. The molecule has 0 heterocycles. The van der Waals surface area contributed by atoms with Gasteiger partial charge < -0.3 is 19.7 Å². The van der Waals surface area contributed by atoms with Gasteiger partial charge in [-0.1, -0.05) is 19.9 Å². The average Bonchev–Trinajstić information content (AvgIpc) is 3.51. The molecular formula is C29H36F2O7. The van der Waals surface area contributed by atoms with E-state index in [2.05, 4.69) is 0 Å². The van der Waals surface area contributed by atoms with Gasteiger partial charge in [0.1, 0.15) is 12.3 Å². The number of rotatable bonds is 3. The molecule has 0 saturated heterocycles. The van der Waals surface area contributed by atoms with Crippen LogP contribution >= 0.6 is 0 Å². The van der Waals surface area contributed by atoms with Crippen LogP contribution in [0, 0.1) is 40.4 Å². The molecule has 2 N–H and O–H groups in total. The van der Waals surface area contributed by atoms with Crippen LogP contribution in [-0.4, -0.2) is 57.8 Å². The molecule has 6 aliphatic rings. The first-order chi connectivity index (χ1) is 17.8. The number of aliphatic hydroxyl groups excluding tert-OH is 1. The van der Waals surface area contributed by atoms with Crippen LogP contribution in [0.5, 0.6) is 0 Å². The molecule has 38 heavy (non-hydrogen) atoms. The summed E-state index contributed by atoms with van der Waals surface area (Å²) < 4.78 is 44.4. The molecule has 6 rings (SSSR count). The molecule has 5 fully saturated rings. The van der Waals surface area contributed by atoms with Gasteiger partial charge in [0.15, 0.2) is 11.5 Å². The van der Waals surface area contributed by atoms with Crippen molar-refractivity contribution in [3.05, 3.63) is 23.8 Å². The number of halogens is 2. The van der Waals surface area contributed by atoms with Gasteiger partial charge in [0.05, 0.1) is 6.10 Å². The Labute approximate surface area is 220 Å². The molecule has 0 aliphatic heterocycles. The predicted octanol–water partition coefficient (Wildman–Crippen LogP) is 4.72. The van der Waals surface area contributed by atoms with E-state index in [1.54, 1.807) is 13.8 Å². The maximum absolute atomic E-state index is 17.3. The van der Waals surface area contributed by atoms with Crippen LogP contribution in [0.3, 0.4) is 0 Å². The Balaban J connectivity index is 1.36. The van der Waals surface area contributed by atoms with Crippen molar-refractivity contribution in [3.8, 4) is 0 Å². The van der Waals surface area contributed by atoms with E-state index in [1.165, 1.54) is 19.1 Å². The normalized spacial score (nSPS) is 52.6. The quantitative estimate of drug-likeness (QED) is 0.505. The van der Waals surface area contributed by atoms with Crippen LogP contribution < -0.4 is 0 Å². The minimum atomic E-state index is -2.33. The number of ether oxygens (including phenoxy) is 2. The zero-order valence-electron chi connectivity index (χ0n) is 22.0. The summed E-state index contributed by atoms with van der Waals surface area (Å²) in [5.41, 5.74) is -7.34. The number of aliphatic hydroxyl groups is 1. The van der Waals surface area contributed by atoms with Gasteiger partial charge in [0.2, 0.25) is 5.60 Å². The first-order valence-electron chi connectivity index (χ1n) is 13.9. The predicted molar refractivity (Wildman–Crippen MR) is 130 cm³/mol. The molecule has 2 bridgehead atoms. The van der Waals surface area contributed by atoms with Gasteiger partial charge in [-0.2, -0.15) is 0 Å². The number of aliphatic carboxylic acids is 1. The molecule has 6 unspecified atom stereocenters. The van der Waals surface area contributed by atoms with E-state index in [0.29, 0.717) is 5.92 Å². The highest BCUT2D eigenvalue weighted by Gasteiger charge is 2.78. The number of carboxylic acid groups (broad SMARTS) is 1. The summed E-state index contributed by atoms with van der Waals surface area (Å²) in [6.07, 6.45) is 2.39. The lowest BCUT2D eigenvalue weighted by Crippen LogP contribution is -2.71. The molecule has 7 nitrogen and oxygen atoms in total. The van der Waals surface area contributed by atoms with Gasteiger partial charge in [-0.25, -0.2) is 18.4 Å². The summed E-state index contributed by atoms with van der Waals surface area (Å²) in [5.74, 6) is -3.53. The Bertz CT molecular complexity index is 1150. The molecule has 0 amide bonds. The molecule has 0 spiro atoms. The molecule has 0 aromatic heterocycles. The van der Waals surface area contributed by atoms with Crippen LogP contribution in [0.4, 0.5) is 13.6 Å². The molecule has 6 aliphatic carbocycles. The van der Waals surface area contributed by atoms with Gasteiger partial charge in [-0.3, -0.25) is 4.79 Å². The Kier molecular flexibility index (Phi) is 5.54. The van der Waals surface area contributed by atoms with Crippen molar-refractivity contribution in [2.24, 2.45) is 40.4 Å². The van der Waals surface area contributed by atoms with Crippen molar-refractivity contribution in [2.45, 2.75) is 95.4 Å². The molecule has 5 saturated carbocycles. The number of fused-ring (bicyclic) bond motifs is 7. The summed E-state index contributed by atoms with van der Waals surface area (Å²) in [6, 6.07) is 0. The summed E-state index contributed by atoms with van der Waals surface area (Å²) in [6.45, 7) is 4.76. The van der Waals surface area contributed by atoms with Crippen molar-refractivity contribution in [2.75, 3.05) is 0 Å². The topological polar surface area (TPSA) is 110 Å². The van der Waals surface area contributed by atoms with Crippen molar-refractivity contribution < 1.29 is 42.9 Å². The van der Waals surface area contributed by atoms with E-state index in [-0.39, 0.29) is 36.9 Å². The Morgan fingerprint density at radius 2 is 1.84 bits per heavy atom. The second kappa shape index (κ2) is 8.12. The number of carbonyl (C=O) groups excluding carboxylic acids is 2. The van der Waals surface area contributed by atoms with E-state index in [9.17, 15) is 24.6 Å². The second-order valence-corrected chi connectivity index (χ2v) is 13.2. The van der Waals surface area contributed by atoms with E-state index >= 15 is 8.78 Å². The number of hydrogen-bond acceptors (Lipinski definition) is 6. The molecule has 0 aromatic carbocycles. The third-order valence-corrected chi connectivity index (χ3v) is 11.7. The lowest BCUT2D eigenvalue weighted by atomic mass is 9.44. The first kappa shape index (κ1) is 26.0. The van der Waals surface area contributed by atoms with Crippen molar-refractivity contribution in [1.82, 2.24) is 0 Å². The summed E-state index contributed by atoms with van der Waals surface area (Å²) in [4.78, 5) is 38.1. The van der Waals surface area contributed by atoms with E-state index in [4.69, 9.17) is 9.47 Å². The van der Waals surface area contributed by atoms with Crippen LogP contribution in [0.15, 0.2) is 23.8 Å². The average molecular weight is 535 g/mol. The van der Waals surface area contributed by atoms with Crippen LogP contribution in [0.1, 0.15) is 65.7 Å². The Morgan fingerprint density at radius 1 is 1.11 bits per heavy atom. The van der Waals surface area contributed by atoms with Gasteiger partial charge in [0.25, 0.3) is 0 Å². The summed E-state index contributed by atoms with van der Waals surface area (Å²) in [7, 11) is 0. The van der Waals surface area contributed by atoms with Crippen molar-refractivity contribution >= 4 is 17.9 Å². The lowest BCUT2D eigenvalue weighted by Gasteiger charge is -2.62. The lowest BCUT2D eigenvalue weighted by molar-refractivity contribution is -0.232. The largest absolute Gasteiger partial charge is 0.509 e. The third-order valence-electron chi connectivity index (χ3n) is 11.7. The van der Waals surface area contributed by atoms with Gasteiger partial charge >= 0.3 is 12.1 Å². The van der Waals surface area contributed by atoms with E-state index in [1.807, 2.05) is 0 Å². The minimum absolute atomic E-state index is 0.00707. The van der Waals surface area contributed by atoms with Gasteiger partial charge in [0, 0.05) is 22.7 Å². The highest BCUT2D eigenvalue weighted by atomic mass is 19.1. The Hall–Kier alpha value is -2.29. The minimum Gasteiger partial charge on any atom is -0.478 e. The van der Waals surface area contributed by atoms with E-state index in [0.717, 1.165) is 31.8 Å². The second-order valence-electron chi connectivity index (χ2n) is 13.2. The van der Waals surface area contributed by atoms with Crippen molar-refractivity contribution in [1.29, 1.82) is 0 Å². The molecule has 0 aromatic rings. The zero-order valence-corrected chi connectivity index (χ0v) is 22.0. The SMILES string of the molecule is CC1C[C@H]2[C@@H]3C[C@H](F)C4=CC(=O)C=C[C@]4(C)C3(F)C(O)C[C@]2(C)[C@]1(OC(=O)OC1CC2CCC1C2)C(=O)O. The fraction of sp³-hybridized carbons (Fsp3) is 0.759. The van der Waals surface area contributed by atoms with Gasteiger partial charge in [-0.15, -0.1) is 0 Å². The van der Waals surface area contributed by atoms with Gasteiger partial charge in [-0.05, 0) is 87.3 Å². The fourth-order valence-corrected chi connectivity index (χ4v) is 9.85. The van der Waals surface area contributed by atoms with Crippen LogP contribution in [0.25, 0.3) is 0 Å². The van der Waals surface area contributed by atoms with Crippen LogP contribution in [-0.2, 0) is 19.1 Å². The molecule has 9 heteroatoms. The maximum atomic E-state index is 17.3. The standard InChI is InChI=1S/C29H36F2O7/c1-14-8-18-19-12-21(30)20-11-17(32)6-7-26(20,2)28(19,31)23(33)13-27(18,3)29(14,24(34)35)38-25(36)37-22-10-15-4-5-16(22)9-15/h6-7,11,14-16,18-19,21-23,33H,4-5,8-10,12-13H2,1-3H3,(H,34,35)/t14?,15?,16?,18-,19-,21-,22?,23?,26-,27-,28?,29+/m0/s1. The molecule has 0 radical (unpaired) electrons. The number of carboxylic acids is 1. The first-order valence-corrected chi connectivity index (χ1v) is 13.9. The summed E-state index contributed by atoms with van der Waals surface area (Å²) in [5, 5.41) is 22.0. The number of allylic oxidation sites excluding steroid dienone is 4. The highest BCUT2D eigenvalue weighted by Crippen LogP contribution is 2.71. The summed E-state index contributed by atoms with van der Waals surface area (Å²) >= 11 is 0. The van der Waals surface area contributed by atoms with E-state index < -0.39 is 70.0 Å². The number of carbonyl (C=O) groups is 3. The number of hydrogen-bond donors (Lipinski definition) is 2. The fourth-order valence-electron chi connectivity index (χ4n) is 9.85. The zero-order chi connectivity index (χ0) is 27.4. The smallest absolute Gasteiger partial charge is 0.478 e. The Morgan fingerprint density at radius 3 is 2.47 bits per heavy atom. The number of ketones is 1. The molecule has 12 atom stereocenters. The third kappa shape index (κ3) is 3.05.